The van der Waals surface area contributed by atoms with Gasteiger partial charge in [0.25, 0.3) is 0 Å². The van der Waals surface area contributed by atoms with E-state index in [1.54, 1.807) is 47.9 Å². The lowest BCUT2D eigenvalue weighted by atomic mass is 10.0. The smallest absolute Gasteiger partial charge is 0.334 e. The molecule has 31 heavy (non-hydrogen) atoms. The summed E-state index contributed by atoms with van der Waals surface area (Å²) in [5.41, 5.74) is 3.94. The number of imidazole rings is 1. The quantitative estimate of drug-likeness (QED) is 0.452. The van der Waals surface area contributed by atoms with Gasteiger partial charge in [0.1, 0.15) is 17.6 Å². The van der Waals surface area contributed by atoms with Crippen molar-refractivity contribution in [1.29, 1.82) is 5.26 Å². The molecule has 0 aliphatic carbocycles. The fraction of sp³-hybridized carbons (Fsp3) is 0.136. The Kier molecular flexibility index (Phi) is 4.08. The van der Waals surface area contributed by atoms with Gasteiger partial charge in [-0.15, -0.1) is 0 Å². The molecular weight excluding hydrogens is 394 g/mol. The second-order valence-electron chi connectivity index (χ2n) is 7.16. The molecule has 0 saturated heterocycles. The average Bonchev–Trinajstić information content (AvgIpc) is 3.34. The second-order valence-corrected chi connectivity index (χ2v) is 7.16. The highest BCUT2D eigenvalue weighted by Gasteiger charge is 2.19. The van der Waals surface area contributed by atoms with Gasteiger partial charge in [-0.05, 0) is 18.2 Å². The largest absolute Gasteiger partial charge is 0.496 e. The van der Waals surface area contributed by atoms with Crippen LogP contribution in [0.5, 0.6) is 5.75 Å². The number of methoxy groups -OCH3 is 1. The zero-order chi connectivity index (χ0) is 21.7. The number of pyridine rings is 2. The third-order valence-electron chi connectivity index (χ3n) is 5.33. The molecule has 9 heteroatoms. The number of nitrogens with zero attached hydrogens (tertiary/aromatic N) is 7. The third kappa shape index (κ3) is 2.77. The minimum atomic E-state index is -0.250. The molecular formula is C22H17N7O2. The number of ether oxygens (including phenoxy) is 1. The summed E-state index contributed by atoms with van der Waals surface area (Å²) in [6.45, 7) is 0. The maximum absolute atomic E-state index is 13.1. The first-order valence-corrected chi connectivity index (χ1v) is 9.45. The van der Waals surface area contributed by atoms with E-state index in [-0.39, 0.29) is 5.69 Å². The predicted octanol–water partition coefficient (Wildman–Crippen LogP) is 2.55. The van der Waals surface area contributed by atoms with E-state index in [1.165, 1.54) is 10.8 Å². The van der Waals surface area contributed by atoms with Crippen LogP contribution in [0.1, 0.15) is 5.56 Å². The SMILES string of the molecule is COc1cc2ncc3c(c2cc1-c1cnn(C)c1)n(-c1ccc(C#N)cn1)c(=O)n3C. The molecule has 152 valence electrons. The summed E-state index contributed by atoms with van der Waals surface area (Å²) in [5.74, 6) is 1.09. The van der Waals surface area contributed by atoms with Crippen molar-refractivity contribution in [2.24, 2.45) is 14.1 Å². The van der Waals surface area contributed by atoms with Crippen LogP contribution < -0.4 is 10.4 Å². The molecule has 0 bridgehead atoms. The van der Waals surface area contributed by atoms with Crippen LogP contribution in [0, 0.1) is 11.3 Å². The normalized spacial score (nSPS) is 11.2. The minimum Gasteiger partial charge on any atom is -0.496 e. The molecule has 5 rings (SSSR count). The molecule has 0 saturated carbocycles. The van der Waals surface area contributed by atoms with Crippen molar-refractivity contribution in [2.75, 3.05) is 7.11 Å². The lowest BCUT2D eigenvalue weighted by molar-refractivity contribution is 0.417. The van der Waals surface area contributed by atoms with Gasteiger partial charge < -0.3 is 4.74 Å². The lowest BCUT2D eigenvalue weighted by Gasteiger charge is -2.11. The first-order chi connectivity index (χ1) is 15.0. The Morgan fingerprint density at radius 3 is 2.58 bits per heavy atom. The highest BCUT2D eigenvalue weighted by molar-refractivity contribution is 6.05. The number of benzene rings is 1. The van der Waals surface area contributed by atoms with Crippen molar-refractivity contribution in [3.8, 4) is 28.8 Å². The molecule has 0 N–H and O–H groups in total. The first-order valence-electron chi connectivity index (χ1n) is 9.45. The molecule has 0 amide bonds. The third-order valence-corrected chi connectivity index (χ3v) is 5.33. The van der Waals surface area contributed by atoms with E-state index in [9.17, 15) is 4.79 Å². The van der Waals surface area contributed by atoms with Gasteiger partial charge in [-0.25, -0.2) is 14.3 Å². The van der Waals surface area contributed by atoms with Crippen LogP contribution in [0.15, 0.2) is 53.8 Å². The van der Waals surface area contributed by atoms with Gasteiger partial charge in [-0.1, -0.05) is 0 Å². The van der Waals surface area contributed by atoms with E-state index in [4.69, 9.17) is 10.00 Å². The van der Waals surface area contributed by atoms with E-state index in [0.29, 0.717) is 33.7 Å². The first kappa shape index (κ1) is 18.6. The maximum Gasteiger partial charge on any atom is 0.334 e. The number of hydrogen-bond acceptors (Lipinski definition) is 6. The number of aromatic nitrogens is 6. The van der Waals surface area contributed by atoms with Gasteiger partial charge in [-0.3, -0.25) is 14.2 Å². The van der Waals surface area contributed by atoms with Crippen LogP contribution in [0.3, 0.4) is 0 Å². The van der Waals surface area contributed by atoms with Gasteiger partial charge in [0, 0.05) is 49.1 Å². The molecule has 4 heterocycles. The summed E-state index contributed by atoms with van der Waals surface area (Å²) >= 11 is 0. The van der Waals surface area contributed by atoms with E-state index in [2.05, 4.69) is 15.1 Å². The van der Waals surface area contributed by atoms with E-state index >= 15 is 0 Å². The van der Waals surface area contributed by atoms with Crippen LogP contribution in [-0.4, -0.2) is 36.0 Å². The number of aryl methyl sites for hydroxylation is 2. The molecule has 0 aliphatic heterocycles. The number of fused-ring (bicyclic) bond motifs is 3. The summed E-state index contributed by atoms with van der Waals surface area (Å²) in [6.07, 6.45) is 6.78. The summed E-state index contributed by atoms with van der Waals surface area (Å²) in [7, 11) is 5.16. The Balaban J connectivity index is 1.90. The van der Waals surface area contributed by atoms with Crippen molar-refractivity contribution < 1.29 is 4.74 Å². The summed E-state index contributed by atoms with van der Waals surface area (Å²) in [4.78, 5) is 22.0. The van der Waals surface area contributed by atoms with Crippen molar-refractivity contribution in [2.45, 2.75) is 0 Å². The monoisotopic (exact) mass is 411 g/mol. The molecule has 1 aromatic carbocycles. The standard InChI is InChI=1S/C22H17N7O2/c1-27-12-14(10-26-27)15-6-16-17(7-19(15)31-3)24-11-18-21(16)29(22(30)28(18)2)20-5-4-13(8-23)9-25-20/h4-7,9-12H,1-3H3. The highest BCUT2D eigenvalue weighted by Crippen LogP contribution is 2.36. The molecule has 5 aromatic rings. The number of nitriles is 1. The number of rotatable bonds is 3. The van der Waals surface area contributed by atoms with Crippen molar-refractivity contribution >= 4 is 21.9 Å². The molecule has 9 nitrogen and oxygen atoms in total. The molecule has 0 fully saturated rings. The van der Waals surface area contributed by atoms with E-state index < -0.39 is 0 Å². The fourth-order valence-corrected chi connectivity index (χ4v) is 3.78. The van der Waals surface area contributed by atoms with E-state index in [0.717, 1.165) is 16.5 Å². The van der Waals surface area contributed by atoms with Gasteiger partial charge >= 0.3 is 5.69 Å². The van der Waals surface area contributed by atoms with Crippen molar-refractivity contribution in [1.82, 2.24) is 28.9 Å². The number of hydrogen-bond donors (Lipinski definition) is 0. The Morgan fingerprint density at radius 2 is 1.94 bits per heavy atom. The molecule has 4 aromatic heterocycles. The molecule has 0 spiro atoms. The Bertz CT molecular complexity index is 1570. The van der Waals surface area contributed by atoms with Crippen LogP contribution >= 0.6 is 0 Å². The van der Waals surface area contributed by atoms with Gasteiger partial charge in [-0.2, -0.15) is 10.4 Å². The maximum atomic E-state index is 13.1. The minimum absolute atomic E-state index is 0.250. The summed E-state index contributed by atoms with van der Waals surface area (Å²) in [5, 5.41) is 14.1. The van der Waals surface area contributed by atoms with Gasteiger partial charge in [0.2, 0.25) is 0 Å². The molecule has 0 unspecified atom stereocenters. The molecule has 0 atom stereocenters. The topological polar surface area (TPSA) is 104 Å². The Hall–Kier alpha value is -4.45. The van der Waals surface area contributed by atoms with Crippen LogP contribution in [0.4, 0.5) is 0 Å². The Labute approximate surface area is 176 Å². The van der Waals surface area contributed by atoms with Crippen molar-refractivity contribution in [3.63, 3.8) is 0 Å². The van der Waals surface area contributed by atoms with Gasteiger partial charge in [0.15, 0.2) is 0 Å². The summed E-state index contributed by atoms with van der Waals surface area (Å²) < 4.78 is 10.4. The summed E-state index contributed by atoms with van der Waals surface area (Å²) in [6, 6.07) is 9.16. The Morgan fingerprint density at radius 1 is 1.10 bits per heavy atom. The van der Waals surface area contributed by atoms with Crippen LogP contribution in [0.25, 0.3) is 38.9 Å². The average molecular weight is 411 g/mol. The predicted molar refractivity (Wildman–Crippen MR) is 115 cm³/mol. The second kappa shape index (κ2) is 6.81. The van der Waals surface area contributed by atoms with Gasteiger partial charge in [0.05, 0.1) is 41.6 Å². The van der Waals surface area contributed by atoms with Crippen molar-refractivity contribution in [3.05, 3.63) is 65.1 Å². The lowest BCUT2D eigenvalue weighted by Crippen LogP contribution is -2.21. The zero-order valence-corrected chi connectivity index (χ0v) is 17.1. The van der Waals surface area contributed by atoms with Crippen LogP contribution in [0.2, 0.25) is 0 Å². The molecule has 0 aliphatic rings. The zero-order valence-electron chi connectivity index (χ0n) is 17.1. The highest BCUT2D eigenvalue weighted by atomic mass is 16.5. The molecule has 0 radical (unpaired) electrons. The van der Waals surface area contributed by atoms with Crippen LogP contribution in [-0.2, 0) is 14.1 Å². The fourth-order valence-electron chi connectivity index (χ4n) is 3.78. The van der Waals surface area contributed by atoms with E-state index in [1.807, 2.05) is 31.4 Å².